The summed E-state index contributed by atoms with van der Waals surface area (Å²) in [6.07, 6.45) is 10.5. The normalized spacial score (nSPS) is 21.6. The van der Waals surface area contributed by atoms with Crippen molar-refractivity contribution in [2.75, 3.05) is 27.2 Å². The molecule has 0 saturated carbocycles. The lowest BCUT2D eigenvalue weighted by atomic mass is 9.95. The molecule has 6 atom stereocenters. The van der Waals surface area contributed by atoms with Crippen molar-refractivity contribution in [3.05, 3.63) is 72.3 Å². The van der Waals surface area contributed by atoms with E-state index in [1.807, 2.05) is 31.4 Å². The summed E-state index contributed by atoms with van der Waals surface area (Å²) in [5, 5.41) is 6.52. The molecule has 3 aromatic rings. The third-order valence-corrected chi connectivity index (χ3v) is 11.5. The number of carbonyl (C=O) groups is 2. The lowest BCUT2D eigenvalue weighted by Gasteiger charge is -2.31. The van der Waals surface area contributed by atoms with Crippen LogP contribution in [0.3, 0.4) is 0 Å². The van der Waals surface area contributed by atoms with Crippen molar-refractivity contribution in [2.24, 2.45) is 16.8 Å². The molecule has 50 heavy (non-hydrogen) atoms. The van der Waals surface area contributed by atoms with Gasteiger partial charge in [-0.1, -0.05) is 89.1 Å². The number of nitrogens with zero attached hydrogens (tertiary/aromatic N) is 4. The molecule has 0 radical (unpaired) electrons. The minimum absolute atomic E-state index is 0.0228. The van der Waals surface area contributed by atoms with E-state index >= 15 is 0 Å². The summed E-state index contributed by atoms with van der Waals surface area (Å²) in [6.45, 7) is 10.1. The Kier molecular flexibility index (Phi) is 11.3. The van der Waals surface area contributed by atoms with Crippen LogP contribution >= 0.6 is 0 Å². The zero-order valence-electron chi connectivity index (χ0n) is 30.7. The van der Waals surface area contributed by atoms with Crippen LogP contribution in [0.1, 0.15) is 90.1 Å². The highest BCUT2D eigenvalue weighted by atomic mass is 16.2. The molecule has 4 heterocycles. The monoisotopic (exact) mass is 677 g/mol. The first kappa shape index (κ1) is 35.7. The molecule has 2 saturated heterocycles. The SMILES string of the molecule is CC[C@@H](C)[C@H](NC)C(=O)N1CCCC1c1ncc(-c2ccc(-c3ccc(C4=CN=C([C@@H]5CCCN5C(=O)[C@@H](NC)[C@H](C)CC)C4)cc3)cc2)[nH]1. The average Bonchev–Trinajstić information content (AvgIpc) is 3.98. The molecule has 3 N–H and O–H groups in total. The van der Waals surface area contributed by atoms with Gasteiger partial charge in [0.2, 0.25) is 11.8 Å². The molecule has 6 rings (SSSR count). The Bertz CT molecular complexity index is 1690. The highest BCUT2D eigenvalue weighted by Crippen LogP contribution is 2.35. The molecule has 0 aliphatic carbocycles. The molecule has 0 bridgehead atoms. The standard InChI is InChI=1S/C41H55N7O2/c1-7-26(3)37(42-5)40(49)47-21-9-11-35(47)33-23-32(24-44-33)30-15-13-28(14-16-30)29-17-19-31(20-18-29)34-25-45-39(46-34)36-12-10-22-48(36)41(50)38(43-6)27(4)8-2/h13-20,24-27,35-38,42-43H,7-12,21-23H2,1-6H3,(H,45,46)/t26-,27-,35+,36?,37+,38+/m1/s1. The van der Waals surface area contributed by atoms with Crippen molar-refractivity contribution < 1.29 is 9.59 Å². The number of aliphatic imine (C=N–C) groups is 1. The number of hydrogen-bond acceptors (Lipinski definition) is 6. The second-order valence-electron chi connectivity index (χ2n) is 14.5. The third kappa shape index (κ3) is 7.21. The number of imidazole rings is 1. The number of aromatic nitrogens is 2. The molecule has 2 aromatic carbocycles. The van der Waals surface area contributed by atoms with Crippen LogP contribution in [0.5, 0.6) is 0 Å². The van der Waals surface area contributed by atoms with E-state index < -0.39 is 0 Å². The molecule has 2 fully saturated rings. The van der Waals surface area contributed by atoms with Gasteiger partial charge in [0.1, 0.15) is 5.82 Å². The number of likely N-dealkylation sites (N-methyl/N-ethyl adjacent to an activating group) is 2. The lowest BCUT2D eigenvalue weighted by molar-refractivity contribution is -0.136. The average molecular weight is 678 g/mol. The number of benzene rings is 2. The molecule has 3 aliphatic heterocycles. The molecule has 9 nitrogen and oxygen atoms in total. The Morgan fingerprint density at radius 3 is 1.82 bits per heavy atom. The van der Waals surface area contributed by atoms with Gasteiger partial charge in [-0.2, -0.15) is 0 Å². The Labute approximate surface area is 298 Å². The summed E-state index contributed by atoms with van der Waals surface area (Å²) < 4.78 is 0. The Morgan fingerprint density at radius 1 is 0.780 bits per heavy atom. The maximum Gasteiger partial charge on any atom is 0.240 e. The number of carbonyl (C=O) groups excluding carboxylic acids is 2. The van der Waals surface area contributed by atoms with Crippen molar-refractivity contribution in [1.29, 1.82) is 0 Å². The molecule has 266 valence electrons. The van der Waals surface area contributed by atoms with Crippen LogP contribution in [0, 0.1) is 11.8 Å². The first-order valence-electron chi connectivity index (χ1n) is 18.7. The van der Waals surface area contributed by atoms with Gasteiger partial charge in [0, 0.05) is 31.4 Å². The van der Waals surface area contributed by atoms with Gasteiger partial charge in [0.15, 0.2) is 0 Å². The summed E-state index contributed by atoms with van der Waals surface area (Å²) in [5.41, 5.74) is 7.80. The lowest BCUT2D eigenvalue weighted by Crippen LogP contribution is -2.51. The van der Waals surface area contributed by atoms with Gasteiger partial charge < -0.3 is 25.4 Å². The van der Waals surface area contributed by atoms with Gasteiger partial charge >= 0.3 is 0 Å². The van der Waals surface area contributed by atoms with E-state index in [1.165, 1.54) is 11.1 Å². The minimum Gasteiger partial charge on any atom is -0.340 e. The van der Waals surface area contributed by atoms with E-state index in [-0.39, 0.29) is 41.9 Å². The first-order valence-corrected chi connectivity index (χ1v) is 18.7. The fourth-order valence-electron chi connectivity index (χ4n) is 8.02. The number of hydrogen-bond donors (Lipinski definition) is 3. The van der Waals surface area contributed by atoms with Crippen molar-refractivity contribution >= 4 is 23.1 Å². The zero-order chi connectivity index (χ0) is 35.4. The second kappa shape index (κ2) is 15.9. The van der Waals surface area contributed by atoms with Crippen molar-refractivity contribution in [2.45, 2.75) is 96.8 Å². The van der Waals surface area contributed by atoms with Gasteiger partial charge in [0.05, 0.1) is 36.1 Å². The van der Waals surface area contributed by atoms with Gasteiger partial charge in [0.25, 0.3) is 0 Å². The van der Waals surface area contributed by atoms with Crippen LogP contribution in [0.15, 0.2) is 65.9 Å². The first-order chi connectivity index (χ1) is 24.3. The summed E-state index contributed by atoms with van der Waals surface area (Å²) in [6, 6.07) is 17.0. The van der Waals surface area contributed by atoms with Gasteiger partial charge in [-0.25, -0.2) is 4.98 Å². The number of likely N-dealkylation sites (tertiary alicyclic amines) is 2. The summed E-state index contributed by atoms with van der Waals surface area (Å²) >= 11 is 0. The van der Waals surface area contributed by atoms with E-state index in [0.29, 0.717) is 5.92 Å². The van der Waals surface area contributed by atoms with Crippen LogP contribution in [-0.2, 0) is 9.59 Å². The molecule has 1 aromatic heterocycles. The molecule has 1 unspecified atom stereocenters. The van der Waals surface area contributed by atoms with Crippen molar-refractivity contribution in [3.8, 4) is 22.4 Å². The third-order valence-electron chi connectivity index (χ3n) is 11.5. The Hall–Kier alpha value is -4.08. The number of allylic oxidation sites excluding steroid dienone is 1. The van der Waals surface area contributed by atoms with Gasteiger partial charge in [-0.3, -0.25) is 14.6 Å². The van der Waals surface area contributed by atoms with Crippen LogP contribution < -0.4 is 10.6 Å². The van der Waals surface area contributed by atoms with E-state index in [2.05, 4.69) is 96.7 Å². The summed E-state index contributed by atoms with van der Waals surface area (Å²) in [5.74, 6) is 1.80. The molecular formula is C41H55N7O2. The van der Waals surface area contributed by atoms with Crippen molar-refractivity contribution in [3.63, 3.8) is 0 Å². The highest BCUT2D eigenvalue weighted by molar-refractivity contribution is 6.03. The van der Waals surface area contributed by atoms with E-state index in [4.69, 9.17) is 9.98 Å². The van der Waals surface area contributed by atoms with Crippen LogP contribution in [-0.4, -0.2) is 82.6 Å². The predicted octanol–water partition coefficient (Wildman–Crippen LogP) is 6.85. The smallest absolute Gasteiger partial charge is 0.240 e. The largest absolute Gasteiger partial charge is 0.340 e. The fraction of sp³-hybridized carbons (Fsp3) is 0.512. The van der Waals surface area contributed by atoms with Crippen LogP contribution in [0.25, 0.3) is 28.0 Å². The molecule has 2 amide bonds. The van der Waals surface area contributed by atoms with Crippen molar-refractivity contribution in [1.82, 2.24) is 30.4 Å². The number of rotatable bonds is 13. The topological polar surface area (TPSA) is 106 Å². The molecular weight excluding hydrogens is 622 g/mol. The Morgan fingerprint density at radius 2 is 1.28 bits per heavy atom. The van der Waals surface area contributed by atoms with Gasteiger partial charge in [-0.15, -0.1) is 0 Å². The molecule has 3 aliphatic rings. The summed E-state index contributed by atoms with van der Waals surface area (Å²) in [7, 11) is 3.77. The maximum absolute atomic E-state index is 13.5. The van der Waals surface area contributed by atoms with Crippen LogP contribution in [0.4, 0.5) is 0 Å². The molecule has 9 heteroatoms. The summed E-state index contributed by atoms with van der Waals surface area (Å²) in [4.78, 5) is 44.2. The number of nitrogens with one attached hydrogen (secondary N) is 3. The predicted molar refractivity (Wildman–Crippen MR) is 203 cm³/mol. The molecule has 0 spiro atoms. The highest BCUT2D eigenvalue weighted by Gasteiger charge is 2.38. The number of aromatic amines is 1. The van der Waals surface area contributed by atoms with Gasteiger partial charge in [-0.05, 0) is 79.4 Å². The fourth-order valence-corrected chi connectivity index (χ4v) is 8.02. The quantitative estimate of drug-likeness (QED) is 0.184. The maximum atomic E-state index is 13.5. The van der Waals surface area contributed by atoms with Crippen LogP contribution in [0.2, 0.25) is 0 Å². The number of H-pyrrole nitrogens is 1. The van der Waals surface area contributed by atoms with E-state index in [9.17, 15) is 9.59 Å². The second-order valence-corrected chi connectivity index (χ2v) is 14.5. The zero-order valence-corrected chi connectivity index (χ0v) is 30.7. The minimum atomic E-state index is -0.178. The van der Waals surface area contributed by atoms with E-state index in [0.717, 1.165) is 92.0 Å². The van der Waals surface area contributed by atoms with E-state index in [1.54, 1.807) is 0 Å². The number of amides is 2. The Balaban J connectivity index is 1.08.